The van der Waals surface area contributed by atoms with E-state index in [2.05, 4.69) is 33.9 Å². The summed E-state index contributed by atoms with van der Waals surface area (Å²) in [5, 5.41) is 12.5. The molecule has 2 amide bonds. The molecule has 3 heterocycles. The number of imidazole rings is 1. The second kappa shape index (κ2) is 7.66. The normalized spacial score (nSPS) is 11.2. The lowest BCUT2D eigenvalue weighted by atomic mass is 10.1. The smallest absolute Gasteiger partial charge is 0.325 e. The van der Waals surface area contributed by atoms with Crippen LogP contribution in [0.15, 0.2) is 66.9 Å². The zero-order valence-electron chi connectivity index (χ0n) is 14.1. The van der Waals surface area contributed by atoms with Crippen molar-refractivity contribution in [2.75, 3.05) is 17.7 Å². The minimum atomic E-state index is -0.362. The summed E-state index contributed by atoms with van der Waals surface area (Å²) < 4.78 is 6.65. The van der Waals surface area contributed by atoms with Gasteiger partial charge in [0, 0.05) is 5.57 Å². The topological polar surface area (TPSA) is 80.5 Å². The Morgan fingerprint density at radius 1 is 1.35 bits per heavy atom. The summed E-state index contributed by atoms with van der Waals surface area (Å²) in [6.07, 6.45) is 5.05. The molecular weight excluding hydrogens is 350 g/mol. The number of fused-ring (bicyclic) bond motifs is 1. The molecule has 0 radical (unpaired) electrons. The van der Waals surface area contributed by atoms with E-state index >= 15 is 0 Å². The summed E-state index contributed by atoms with van der Waals surface area (Å²) in [6, 6.07) is 6.93. The first-order valence-corrected chi connectivity index (χ1v) is 8.52. The van der Waals surface area contributed by atoms with E-state index < -0.39 is 0 Å². The van der Waals surface area contributed by atoms with Crippen molar-refractivity contribution >= 4 is 39.4 Å². The van der Waals surface area contributed by atoms with Gasteiger partial charge < -0.3 is 4.74 Å². The second-order valence-corrected chi connectivity index (χ2v) is 6.13. The quantitative estimate of drug-likeness (QED) is 0.506. The van der Waals surface area contributed by atoms with Gasteiger partial charge in [-0.15, -0.1) is 11.3 Å². The number of hydrogen-bond acceptors (Lipinski definition) is 5. The van der Waals surface area contributed by atoms with Crippen molar-refractivity contribution < 1.29 is 9.53 Å². The lowest BCUT2D eigenvalue weighted by Gasteiger charge is -2.03. The van der Waals surface area contributed by atoms with Crippen LogP contribution in [0.2, 0.25) is 0 Å². The lowest BCUT2D eigenvalue weighted by Crippen LogP contribution is -2.18. The molecule has 0 aliphatic heterocycles. The maximum atomic E-state index is 12.0. The van der Waals surface area contributed by atoms with Gasteiger partial charge in [0.2, 0.25) is 0 Å². The largest absolute Gasteiger partial charge is 0.497 e. The van der Waals surface area contributed by atoms with Crippen molar-refractivity contribution in [1.29, 1.82) is 0 Å². The number of hydrogen-bond donors (Lipinski definition) is 2. The SMILES string of the molecule is C=C/C(=C\C(=C)OC)c1ccc2nc(NC(=O)Nc3cccs3)cn2n1. The molecule has 0 aliphatic rings. The van der Waals surface area contributed by atoms with Crippen LogP contribution in [0.4, 0.5) is 15.6 Å². The molecule has 0 atom stereocenters. The number of amides is 2. The Bertz CT molecular complexity index is 988. The van der Waals surface area contributed by atoms with Crippen LogP contribution >= 0.6 is 11.3 Å². The van der Waals surface area contributed by atoms with Crippen LogP contribution in [-0.2, 0) is 4.74 Å². The number of urea groups is 1. The fraction of sp³-hybridized carbons (Fsp3) is 0.0556. The van der Waals surface area contributed by atoms with Gasteiger partial charge in [-0.3, -0.25) is 10.6 Å². The predicted octanol–water partition coefficient (Wildman–Crippen LogP) is 4.16. The number of anilines is 2. The Kier molecular flexibility index (Phi) is 5.14. The van der Waals surface area contributed by atoms with E-state index in [1.54, 1.807) is 36.0 Å². The molecule has 0 bridgehead atoms. The van der Waals surface area contributed by atoms with Crippen molar-refractivity contribution in [2.24, 2.45) is 0 Å². The second-order valence-electron chi connectivity index (χ2n) is 5.18. The van der Waals surface area contributed by atoms with Crippen LogP contribution < -0.4 is 10.6 Å². The summed E-state index contributed by atoms with van der Waals surface area (Å²) in [4.78, 5) is 16.3. The number of allylic oxidation sites excluding steroid dienone is 3. The van der Waals surface area contributed by atoms with E-state index in [1.807, 2.05) is 23.6 Å². The molecule has 2 N–H and O–H groups in total. The maximum Gasteiger partial charge on any atom is 0.325 e. The van der Waals surface area contributed by atoms with Crippen LogP contribution in [0.3, 0.4) is 0 Å². The van der Waals surface area contributed by atoms with Gasteiger partial charge in [-0.05, 0) is 35.7 Å². The van der Waals surface area contributed by atoms with Crippen LogP contribution in [0.25, 0.3) is 11.2 Å². The van der Waals surface area contributed by atoms with Gasteiger partial charge in [0.25, 0.3) is 0 Å². The van der Waals surface area contributed by atoms with E-state index in [0.717, 1.165) is 10.6 Å². The maximum absolute atomic E-state index is 12.0. The van der Waals surface area contributed by atoms with E-state index in [-0.39, 0.29) is 6.03 Å². The summed E-state index contributed by atoms with van der Waals surface area (Å²) in [6.45, 7) is 7.56. The number of thiophene rings is 1. The van der Waals surface area contributed by atoms with E-state index in [4.69, 9.17) is 4.74 Å². The fourth-order valence-electron chi connectivity index (χ4n) is 2.18. The van der Waals surface area contributed by atoms with Gasteiger partial charge in [-0.2, -0.15) is 5.10 Å². The van der Waals surface area contributed by atoms with Crippen molar-refractivity contribution in [1.82, 2.24) is 14.6 Å². The first kappa shape index (κ1) is 17.4. The van der Waals surface area contributed by atoms with Gasteiger partial charge >= 0.3 is 6.03 Å². The third kappa shape index (κ3) is 3.98. The van der Waals surface area contributed by atoms with Crippen molar-refractivity contribution in [2.45, 2.75) is 0 Å². The highest BCUT2D eigenvalue weighted by atomic mass is 32.1. The Hall–Kier alpha value is -3.39. The molecular formula is C18H17N5O2S. The predicted molar refractivity (Wildman–Crippen MR) is 104 cm³/mol. The highest BCUT2D eigenvalue weighted by Gasteiger charge is 2.09. The zero-order valence-corrected chi connectivity index (χ0v) is 14.9. The van der Waals surface area contributed by atoms with E-state index in [9.17, 15) is 4.79 Å². The fourth-order valence-corrected chi connectivity index (χ4v) is 2.79. The molecule has 8 heteroatoms. The average molecular weight is 367 g/mol. The van der Waals surface area contributed by atoms with Crippen LogP contribution in [0.1, 0.15) is 5.69 Å². The molecule has 0 spiro atoms. The Balaban J connectivity index is 1.80. The molecule has 0 aromatic carbocycles. The molecule has 0 saturated carbocycles. The number of carbonyl (C=O) groups excluding carboxylic acids is 1. The van der Waals surface area contributed by atoms with Gasteiger partial charge in [-0.1, -0.05) is 19.2 Å². The monoisotopic (exact) mass is 367 g/mol. The van der Waals surface area contributed by atoms with Gasteiger partial charge in [0.15, 0.2) is 11.5 Å². The lowest BCUT2D eigenvalue weighted by molar-refractivity contribution is 0.262. The van der Waals surface area contributed by atoms with E-state index in [1.165, 1.54) is 11.3 Å². The minimum absolute atomic E-state index is 0.362. The number of aromatic nitrogens is 3. The molecule has 3 aromatic heterocycles. The molecule has 132 valence electrons. The molecule has 0 saturated heterocycles. The summed E-state index contributed by atoms with van der Waals surface area (Å²) in [5.74, 6) is 0.897. The van der Waals surface area contributed by atoms with Crippen molar-refractivity contribution in [3.8, 4) is 0 Å². The van der Waals surface area contributed by atoms with Gasteiger partial charge in [-0.25, -0.2) is 14.3 Å². The standard InChI is InChI=1S/C18H17N5O2S/c1-4-13(10-12(2)25-3)14-7-8-16-19-15(11-23(16)22-14)20-18(24)21-17-6-5-9-26-17/h4-11H,1-2H2,3H3,(H2,20,21,24)/b13-10+. The molecule has 0 aliphatic carbocycles. The highest BCUT2D eigenvalue weighted by Crippen LogP contribution is 2.18. The van der Waals surface area contributed by atoms with Gasteiger partial charge in [0.05, 0.1) is 24.0 Å². The number of rotatable bonds is 6. The van der Waals surface area contributed by atoms with Crippen molar-refractivity contribution in [3.05, 3.63) is 72.6 Å². The average Bonchev–Trinajstić information content (AvgIpc) is 3.27. The molecule has 3 rings (SSSR count). The summed E-state index contributed by atoms with van der Waals surface area (Å²) >= 11 is 1.44. The number of nitrogens with zero attached hydrogens (tertiary/aromatic N) is 3. The first-order valence-electron chi connectivity index (χ1n) is 7.64. The molecule has 0 fully saturated rings. The molecule has 7 nitrogen and oxygen atoms in total. The number of carbonyl (C=O) groups is 1. The van der Waals surface area contributed by atoms with Crippen LogP contribution in [0.5, 0.6) is 0 Å². The third-order valence-corrected chi connectivity index (χ3v) is 4.20. The molecule has 3 aromatic rings. The Morgan fingerprint density at radius 2 is 2.19 bits per heavy atom. The summed E-state index contributed by atoms with van der Waals surface area (Å²) in [5.41, 5.74) is 2.05. The van der Waals surface area contributed by atoms with Crippen molar-refractivity contribution in [3.63, 3.8) is 0 Å². The Morgan fingerprint density at radius 3 is 2.88 bits per heavy atom. The summed E-state index contributed by atoms with van der Waals surface area (Å²) in [7, 11) is 1.55. The zero-order chi connectivity index (χ0) is 18.5. The van der Waals surface area contributed by atoms with Crippen LogP contribution in [-0.4, -0.2) is 27.7 Å². The van der Waals surface area contributed by atoms with E-state index in [0.29, 0.717) is 22.9 Å². The number of methoxy groups -OCH3 is 1. The number of nitrogens with one attached hydrogen (secondary N) is 2. The number of ether oxygens (including phenoxy) is 1. The van der Waals surface area contributed by atoms with Crippen LogP contribution in [0, 0.1) is 0 Å². The molecule has 26 heavy (non-hydrogen) atoms. The third-order valence-electron chi connectivity index (χ3n) is 3.41. The Labute approximate surface area is 154 Å². The van der Waals surface area contributed by atoms with Gasteiger partial charge in [0.1, 0.15) is 5.76 Å². The molecule has 0 unspecified atom stereocenters. The first-order chi connectivity index (χ1) is 12.6. The highest BCUT2D eigenvalue weighted by molar-refractivity contribution is 7.14. The minimum Gasteiger partial charge on any atom is -0.497 e.